The molecule has 1 aliphatic rings. The van der Waals surface area contributed by atoms with Gasteiger partial charge in [-0.25, -0.2) is 9.59 Å². The van der Waals surface area contributed by atoms with Crippen molar-refractivity contribution in [2.24, 2.45) is 0 Å². The number of amides is 1. The van der Waals surface area contributed by atoms with Gasteiger partial charge >= 0.3 is 11.9 Å². The van der Waals surface area contributed by atoms with Crippen LogP contribution in [0, 0.1) is 13.8 Å². The topological polar surface area (TPSA) is 107 Å². The lowest BCUT2D eigenvalue weighted by atomic mass is 10.1. The Bertz CT molecular complexity index is 957. The van der Waals surface area contributed by atoms with Crippen LogP contribution in [0.2, 0.25) is 0 Å². The second kappa shape index (κ2) is 9.44. The van der Waals surface area contributed by atoms with Crippen molar-refractivity contribution in [3.05, 3.63) is 39.0 Å². The van der Waals surface area contributed by atoms with Crippen LogP contribution in [0.1, 0.15) is 73.7 Å². The molecule has 2 aromatic heterocycles. The molecule has 0 unspecified atom stereocenters. The molecule has 0 atom stereocenters. The molecule has 1 saturated carbocycles. The second-order valence-electron chi connectivity index (χ2n) is 7.10. The molecule has 0 bridgehead atoms. The summed E-state index contributed by atoms with van der Waals surface area (Å²) < 4.78 is 15.3. The number of aryl methyl sites for hydroxylation is 1. The molecule has 0 saturated heterocycles. The smallest absolute Gasteiger partial charge is 0.341 e. The number of aromatic nitrogens is 1. The number of H-pyrrole nitrogens is 1. The van der Waals surface area contributed by atoms with Crippen LogP contribution in [0.4, 0.5) is 5.00 Å². The molecule has 2 aromatic rings. The van der Waals surface area contributed by atoms with E-state index in [1.165, 1.54) is 18.4 Å². The maximum Gasteiger partial charge on any atom is 0.341 e. The maximum absolute atomic E-state index is 13.0. The van der Waals surface area contributed by atoms with E-state index in [9.17, 15) is 14.4 Å². The number of rotatable bonds is 9. The lowest BCUT2D eigenvalue weighted by molar-refractivity contribution is 0.0386. The molecule has 1 amide bonds. The molecule has 3 rings (SSSR count). The molecule has 1 aliphatic carbocycles. The fourth-order valence-corrected chi connectivity index (χ4v) is 4.34. The van der Waals surface area contributed by atoms with Gasteiger partial charge in [-0.05, 0) is 56.0 Å². The summed E-state index contributed by atoms with van der Waals surface area (Å²) in [5.74, 6) is -1.04. The number of aromatic amines is 1. The molecule has 8 nitrogen and oxygen atoms in total. The van der Waals surface area contributed by atoms with Gasteiger partial charge in [-0.2, -0.15) is 0 Å². The quantitative estimate of drug-likeness (QED) is 0.459. The first-order valence-corrected chi connectivity index (χ1v) is 10.7. The van der Waals surface area contributed by atoms with Crippen molar-refractivity contribution in [3.63, 3.8) is 0 Å². The SMILES string of the molecule is CCOC(=O)c1c(C2CC2)csc1NC(=O)c1[nH]c(C)c(C(=O)OCCOC)c1C. The predicted molar refractivity (Wildman–Crippen MR) is 113 cm³/mol. The fourth-order valence-electron chi connectivity index (χ4n) is 3.31. The molecular weight excluding hydrogens is 408 g/mol. The number of carbonyl (C=O) groups is 3. The number of hydrogen-bond donors (Lipinski definition) is 2. The van der Waals surface area contributed by atoms with Crippen LogP contribution >= 0.6 is 11.3 Å². The lowest BCUT2D eigenvalue weighted by Crippen LogP contribution is -2.17. The van der Waals surface area contributed by atoms with Gasteiger partial charge in [0.25, 0.3) is 5.91 Å². The van der Waals surface area contributed by atoms with E-state index in [1.54, 1.807) is 20.8 Å². The van der Waals surface area contributed by atoms with Crippen molar-refractivity contribution < 1.29 is 28.6 Å². The first kappa shape index (κ1) is 22.0. The highest BCUT2D eigenvalue weighted by Crippen LogP contribution is 2.46. The zero-order valence-corrected chi connectivity index (χ0v) is 18.4. The van der Waals surface area contributed by atoms with Gasteiger partial charge in [0.1, 0.15) is 17.3 Å². The Labute approximate surface area is 178 Å². The molecule has 0 aromatic carbocycles. The average molecular weight is 435 g/mol. The summed E-state index contributed by atoms with van der Waals surface area (Å²) in [4.78, 5) is 40.8. The highest BCUT2D eigenvalue weighted by molar-refractivity contribution is 7.15. The minimum absolute atomic E-state index is 0.128. The van der Waals surface area contributed by atoms with E-state index < -0.39 is 17.8 Å². The van der Waals surface area contributed by atoms with Crippen molar-refractivity contribution in [1.29, 1.82) is 0 Å². The van der Waals surface area contributed by atoms with Crippen LogP contribution in [0.5, 0.6) is 0 Å². The summed E-state index contributed by atoms with van der Waals surface area (Å²) >= 11 is 1.31. The summed E-state index contributed by atoms with van der Waals surface area (Å²) in [6, 6.07) is 0. The molecule has 0 spiro atoms. The highest BCUT2D eigenvalue weighted by Gasteiger charge is 2.33. The number of thiophene rings is 1. The van der Waals surface area contributed by atoms with Crippen LogP contribution in [0.15, 0.2) is 5.38 Å². The van der Waals surface area contributed by atoms with Crippen molar-refractivity contribution in [1.82, 2.24) is 4.98 Å². The van der Waals surface area contributed by atoms with Gasteiger partial charge in [-0.15, -0.1) is 11.3 Å². The Hall–Kier alpha value is -2.65. The summed E-state index contributed by atoms with van der Waals surface area (Å²) in [5.41, 5.74) is 2.96. The van der Waals surface area contributed by atoms with Crippen molar-refractivity contribution in [2.75, 3.05) is 32.2 Å². The summed E-state index contributed by atoms with van der Waals surface area (Å²) in [5, 5.41) is 5.18. The molecule has 2 heterocycles. The summed E-state index contributed by atoms with van der Waals surface area (Å²) in [6.07, 6.45) is 2.06. The Morgan fingerprint density at radius 2 is 1.83 bits per heavy atom. The van der Waals surface area contributed by atoms with Crippen molar-refractivity contribution >= 4 is 34.2 Å². The standard InChI is InChI=1S/C21H26N2O6S/c1-5-28-21(26)16-14(13-6-7-13)10-30-19(16)23-18(24)17-11(2)15(12(3)22-17)20(25)29-9-8-27-4/h10,13,22H,5-9H2,1-4H3,(H,23,24). The molecule has 0 radical (unpaired) electrons. The van der Waals surface area contributed by atoms with Crippen LogP contribution in [-0.2, 0) is 14.2 Å². The van der Waals surface area contributed by atoms with E-state index in [-0.39, 0.29) is 18.9 Å². The fraction of sp³-hybridized carbons (Fsp3) is 0.476. The molecule has 30 heavy (non-hydrogen) atoms. The van der Waals surface area contributed by atoms with Crippen molar-refractivity contribution in [3.8, 4) is 0 Å². The van der Waals surface area contributed by atoms with Gasteiger partial charge in [0.05, 0.1) is 24.3 Å². The van der Waals surface area contributed by atoms with Gasteiger partial charge in [0.15, 0.2) is 0 Å². The molecular formula is C21H26N2O6S. The third-order valence-electron chi connectivity index (χ3n) is 4.93. The minimum atomic E-state index is -0.517. The van der Waals surface area contributed by atoms with Crippen LogP contribution in [-0.4, -0.2) is 49.8 Å². The van der Waals surface area contributed by atoms with Crippen molar-refractivity contribution in [2.45, 2.75) is 39.5 Å². The summed E-state index contributed by atoms with van der Waals surface area (Å²) in [7, 11) is 1.52. The number of methoxy groups -OCH3 is 1. The van der Waals surface area contributed by atoms with Gasteiger partial charge in [0, 0.05) is 12.8 Å². The molecule has 2 N–H and O–H groups in total. The largest absolute Gasteiger partial charge is 0.462 e. The first-order valence-electron chi connectivity index (χ1n) is 9.84. The molecule has 1 fully saturated rings. The minimum Gasteiger partial charge on any atom is -0.462 e. The Morgan fingerprint density at radius 1 is 1.13 bits per heavy atom. The van der Waals surface area contributed by atoms with Gasteiger partial charge in [-0.1, -0.05) is 0 Å². The van der Waals surface area contributed by atoms with Gasteiger partial charge in [0.2, 0.25) is 0 Å². The Morgan fingerprint density at radius 3 is 2.47 bits per heavy atom. The average Bonchev–Trinajstić information content (AvgIpc) is 3.39. The number of hydrogen-bond acceptors (Lipinski definition) is 7. The third-order valence-corrected chi connectivity index (χ3v) is 5.85. The van der Waals surface area contributed by atoms with Crippen LogP contribution < -0.4 is 5.32 Å². The monoisotopic (exact) mass is 434 g/mol. The number of ether oxygens (including phenoxy) is 3. The zero-order chi connectivity index (χ0) is 21.8. The summed E-state index contributed by atoms with van der Waals surface area (Å²) in [6.45, 7) is 5.81. The maximum atomic E-state index is 13.0. The van der Waals surface area contributed by atoms with E-state index in [0.29, 0.717) is 39.9 Å². The second-order valence-corrected chi connectivity index (χ2v) is 7.98. The Balaban J connectivity index is 1.82. The predicted octanol–water partition coefficient (Wildman–Crippen LogP) is 3.80. The molecule has 0 aliphatic heterocycles. The number of esters is 2. The normalized spacial score (nSPS) is 13.2. The van der Waals surface area contributed by atoms with Gasteiger partial charge in [-0.3, -0.25) is 4.79 Å². The number of anilines is 1. The van der Waals surface area contributed by atoms with Gasteiger partial charge < -0.3 is 24.5 Å². The number of nitrogens with one attached hydrogen (secondary N) is 2. The third kappa shape index (κ3) is 4.57. The van der Waals surface area contributed by atoms with E-state index in [2.05, 4.69) is 10.3 Å². The first-order chi connectivity index (χ1) is 14.4. The lowest BCUT2D eigenvalue weighted by Gasteiger charge is -2.08. The van der Waals surface area contributed by atoms with E-state index in [0.717, 1.165) is 18.4 Å². The van der Waals surface area contributed by atoms with Crippen LogP contribution in [0.3, 0.4) is 0 Å². The Kier molecular flexibility index (Phi) is 6.94. The highest BCUT2D eigenvalue weighted by atomic mass is 32.1. The zero-order valence-electron chi connectivity index (χ0n) is 17.5. The van der Waals surface area contributed by atoms with E-state index >= 15 is 0 Å². The van der Waals surface area contributed by atoms with E-state index in [4.69, 9.17) is 14.2 Å². The molecule has 162 valence electrons. The van der Waals surface area contributed by atoms with Crippen LogP contribution in [0.25, 0.3) is 0 Å². The number of carbonyl (C=O) groups excluding carboxylic acids is 3. The van der Waals surface area contributed by atoms with E-state index in [1.807, 2.05) is 5.38 Å². The molecule has 9 heteroatoms.